The van der Waals surface area contributed by atoms with E-state index in [-0.39, 0.29) is 5.78 Å². The molecule has 12 heavy (non-hydrogen) atoms. The standard InChI is InChI=1S/C9H11NO2/c1-6(11)9(12)7-2-4-8(10)5-3-7/h2-6,11H,10H2,1H3. The molecule has 0 amide bonds. The maximum absolute atomic E-state index is 11.2. The van der Waals surface area contributed by atoms with Crippen LogP contribution in [0.25, 0.3) is 0 Å². The molecule has 0 aliphatic heterocycles. The van der Waals surface area contributed by atoms with E-state index < -0.39 is 6.10 Å². The van der Waals surface area contributed by atoms with Gasteiger partial charge in [-0.15, -0.1) is 0 Å². The van der Waals surface area contributed by atoms with E-state index in [0.29, 0.717) is 11.3 Å². The van der Waals surface area contributed by atoms with Gasteiger partial charge in [0.05, 0.1) is 0 Å². The molecule has 0 aliphatic carbocycles. The molecule has 0 spiro atoms. The van der Waals surface area contributed by atoms with Gasteiger partial charge in [0, 0.05) is 11.3 Å². The van der Waals surface area contributed by atoms with Crippen molar-refractivity contribution in [3.63, 3.8) is 0 Å². The van der Waals surface area contributed by atoms with E-state index in [1.165, 1.54) is 6.92 Å². The zero-order chi connectivity index (χ0) is 9.14. The largest absolute Gasteiger partial charge is 0.399 e. The topological polar surface area (TPSA) is 63.3 Å². The first-order chi connectivity index (χ1) is 5.61. The lowest BCUT2D eigenvalue weighted by molar-refractivity contribution is 0.0779. The van der Waals surface area contributed by atoms with Crippen LogP contribution in [0.15, 0.2) is 24.3 Å². The SMILES string of the molecule is CC(O)C(=O)c1ccc(N)cc1. The quantitative estimate of drug-likeness (QED) is 0.504. The highest BCUT2D eigenvalue weighted by atomic mass is 16.3. The molecule has 3 heteroatoms. The van der Waals surface area contributed by atoms with Crippen LogP contribution in [-0.4, -0.2) is 17.0 Å². The van der Waals surface area contributed by atoms with Crippen LogP contribution < -0.4 is 5.73 Å². The summed E-state index contributed by atoms with van der Waals surface area (Å²) in [4.78, 5) is 11.2. The minimum Gasteiger partial charge on any atom is -0.399 e. The Morgan fingerprint density at radius 2 is 1.92 bits per heavy atom. The Labute approximate surface area is 70.8 Å². The summed E-state index contributed by atoms with van der Waals surface area (Å²) in [7, 11) is 0. The zero-order valence-electron chi connectivity index (χ0n) is 6.82. The van der Waals surface area contributed by atoms with Gasteiger partial charge >= 0.3 is 0 Å². The molecular weight excluding hydrogens is 154 g/mol. The number of hydrogen-bond acceptors (Lipinski definition) is 3. The van der Waals surface area contributed by atoms with Crippen LogP contribution in [0.1, 0.15) is 17.3 Å². The molecular formula is C9H11NO2. The third-order valence-electron chi connectivity index (χ3n) is 1.57. The fraction of sp³-hybridized carbons (Fsp3) is 0.222. The average Bonchev–Trinajstić information content (AvgIpc) is 2.04. The molecule has 0 bridgehead atoms. The maximum atomic E-state index is 11.2. The Morgan fingerprint density at radius 1 is 1.42 bits per heavy atom. The third kappa shape index (κ3) is 1.83. The number of benzene rings is 1. The lowest BCUT2D eigenvalue weighted by Gasteiger charge is -2.02. The molecule has 0 heterocycles. The van der Waals surface area contributed by atoms with Crippen LogP contribution in [0.3, 0.4) is 0 Å². The van der Waals surface area contributed by atoms with Crippen molar-refractivity contribution in [2.24, 2.45) is 0 Å². The predicted octanol–water partition coefficient (Wildman–Crippen LogP) is 0.832. The highest BCUT2D eigenvalue weighted by molar-refractivity contribution is 5.99. The molecule has 1 aromatic carbocycles. The molecule has 1 rings (SSSR count). The summed E-state index contributed by atoms with van der Waals surface area (Å²) >= 11 is 0. The van der Waals surface area contributed by atoms with Crippen molar-refractivity contribution in [3.8, 4) is 0 Å². The molecule has 64 valence electrons. The van der Waals surface area contributed by atoms with Crippen LogP contribution in [0.2, 0.25) is 0 Å². The summed E-state index contributed by atoms with van der Waals surface area (Å²) < 4.78 is 0. The average molecular weight is 165 g/mol. The summed E-state index contributed by atoms with van der Waals surface area (Å²) in [6.07, 6.45) is -0.950. The van der Waals surface area contributed by atoms with Gasteiger partial charge in [0.15, 0.2) is 5.78 Å². The van der Waals surface area contributed by atoms with Gasteiger partial charge in [0.2, 0.25) is 0 Å². The van der Waals surface area contributed by atoms with E-state index in [9.17, 15) is 4.79 Å². The van der Waals surface area contributed by atoms with Crippen molar-refractivity contribution in [3.05, 3.63) is 29.8 Å². The molecule has 0 radical (unpaired) electrons. The van der Waals surface area contributed by atoms with Gasteiger partial charge in [-0.2, -0.15) is 0 Å². The predicted molar refractivity (Wildman–Crippen MR) is 46.9 cm³/mol. The van der Waals surface area contributed by atoms with Crippen LogP contribution in [0.5, 0.6) is 0 Å². The fourth-order valence-electron chi connectivity index (χ4n) is 0.889. The van der Waals surface area contributed by atoms with Crippen molar-refractivity contribution in [2.45, 2.75) is 13.0 Å². The second-order valence-corrected chi connectivity index (χ2v) is 2.66. The molecule has 1 aromatic rings. The van der Waals surface area contributed by atoms with Crippen molar-refractivity contribution in [2.75, 3.05) is 5.73 Å². The normalized spacial score (nSPS) is 12.5. The van der Waals surface area contributed by atoms with Crippen molar-refractivity contribution in [1.29, 1.82) is 0 Å². The van der Waals surface area contributed by atoms with Gasteiger partial charge in [0.25, 0.3) is 0 Å². The molecule has 3 nitrogen and oxygen atoms in total. The Hall–Kier alpha value is -1.35. The highest BCUT2D eigenvalue weighted by Crippen LogP contribution is 2.07. The van der Waals surface area contributed by atoms with Crippen LogP contribution in [0, 0.1) is 0 Å². The van der Waals surface area contributed by atoms with E-state index in [4.69, 9.17) is 10.8 Å². The molecule has 0 saturated carbocycles. The second-order valence-electron chi connectivity index (χ2n) is 2.66. The highest BCUT2D eigenvalue weighted by Gasteiger charge is 2.10. The Morgan fingerprint density at radius 3 is 2.33 bits per heavy atom. The first-order valence-electron chi connectivity index (χ1n) is 3.69. The van der Waals surface area contributed by atoms with Crippen LogP contribution >= 0.6 is 0 Å². The summed E-state index contributed by atoms with van der Waals surface area (Å²) in [5, 5.41) is 8.96. The number of anilines is 1. The fourth-order valence-corrected chi connectivity index (χ4v) is 0.889. The number of ketones is 1. The molecule has 1 atom stereocenters. The lowest BCUT2D eigenvalue weighted by Crippen LogP contribution is -2.15. The first-order valence-corrected chi connectivity index (χ1v) is 3.69. The van der Waals surface area contributed by atoms with Gasteiger partial charge in [-0.3, -0.25) is 4.79 Å². The molecule has 0 aromatic heterocycles. The number of nitrogens with two attached hydrogens (primary N) is 1. The van der Waals surface area contributed by atoms with Crippen molar-refractivity contribution < 1.29 is 9.90 Å². The van der Waals surface area contributed by atoms with Gasteiger partial charge in [-0.25, -0.2) is 0 Å². The monoisotopic (exact) mass is 165 g/mol. The van der Waals surface area contributed by atoms with E-state index >= 15 is 0 Å². The number of aliphatic hydroxyl groups is 1. The summed E-state index contributed by atoms with van der Waals surface area (Å²) in [5.41, 5.74) is 6.52. The number of nitrogen functional groups attached to an aromatic ring is 1. The molecule has 3 N–H and O–H groups in total. The summed E-state index contributed by atoms with van der Waals surface area (Å²) in [5.74, 6) is -0.282. The molecule has 1 unspecified atom stereocenters. The van der Waals surface area contributed by atoms with Crippen molar-refractivity contribution in [1.82, 2.24) is 0 Å². The molecule has 0 saturated heterocycles. The molecule has 0 fully saturated rings. The van der Waals surface area contributed by atoms with Gasteiger partial charge in [-0.05, 0) is 31.2 Å². The molecule has 0 aliphatic rings. The van der Waals surface area contributed by atoms with Crippen LogP contribution in [0.4, 0.5) is 5.69 Å². The number of aliphatic hydroxyl groups excluding tert-OH is 1. The second kappa shape index (κ2) is 3.36. The summed E-state index contributed by atoms with van der Waals surface area (Å²) in [6, 6.07) is 6.47. The number of Topliss-reactive ketones (excluding diaryl/α,β-unsaturated/α-hetero) is 1. The minimum atomic E-state index is -0.950. The van der Waals surface area contributed by atoms with Gasteiger partial charge in [0.1, 0.15) is 6.10 Å². The minimum absolute atomic E-state index is 0.282. The zero-order valence-corrected chi connectivity index (χ0v) is 6.82. The third-order valence-corrected chi connectivity index (χ3v) is 1.57. The number of carbonyl (C=O) groups excluding carboxylic acids is 1. The smallest absolute Gasteiger partial charge is 0.190 e. The van der Waals surface area contributed by atoms with E-state index in [2.05, 4.69) is 0 Å². The Bertz CT molecular complexity index is 277. The lowest BCUT2D eigenvalue weighted by atomic mass is 10.1. The first kappa shape index (κ1) is 8.74. The van der Waals surface area contributed by atoms with Gasteiger partial charge in [-0.1, -0.05) is 0 Å². The van der Waals surface area contributed by atoms with Gasteiger partial charge < -0.3 is 10.8 Å². The van der Waals surface area contributed by atoms with E-state index in [0.717, 1.165) is 0 Å². The Balaban J connectivity index is 2.90. The number of carbonyl (C=O) groups is 1. The Kier molecular flexibility index (Phi) is 2.45. The van der Waals surface area contributed by atoms with Crippen molar-refractivity contribution >= 4 is 11.5 Å². The number of hydrogen-bond donors (Lipinski definition) is 2. The van der Waals surface area contributed by atoms with E-state index in [1.54, 1.807) is 24.3 Å². The maximum Gasteiger partial charge on any atom is 0.190 e. The number of rotatable bonds is 2. The van der Waals surface area contributed by atoms with E-state index in [1.807, 2.05) is 0 Å². The van der Waals surface area contributed by atoms with Crippen LogP contribution in [-0.2, 0) is 0 Å². The summed E-state index contributed by atoms with van der Waals surface area (Å²) in [6.45, 7) is 1.44.